The molecule has 0 saturated carbocycles. The van der Waals surface area contributed by atoms with Crippen LogP contribution in [0.15, 0.2) is 36.4 Å². The SMILES string of the molecule is CCCNc1n[nH]c(-c2ccccc2)c1-n1nc(C)cc1C. The Morgan fingerprint density at radius 3 is 2.59 bits per heavy atom. The van der Waals surface area contributed by atoms with Gasteiger partial charge in [0.05, 0.1) is 11.4 Å². The number of nitrogens with one attached hydrogen (secondary N) is 2. The minimum atomic E-state index is 0.840. The van der Waals surface area contributed by atoms with Gasteiger partial charge in [0.25, 0.3) is 0 Å². The van der Waals surface area contributed by atoms with Gasteiger partial charge in [0, 0.05) is 17.8 Å². The summed E-state index contributed by atoms with van der Waals surface area (Å²) in [4.78, 5) is 0. The number of anilines is 1. The Morgan fingerprint density at radius 2 is 1.95 bits per heavy atom. The Hall–Kier alpha value is -2.56. The predicted octanol–water partition coefficient (Wildman–Crippen LogP) is 3.70. The number of aromatic nitrogens is 4. The zero-order valence-corrected chi connectivity index (χ0v) is 13.2. The molecule has 0 aliphatic rings. The minimum absolute atomic E-state index is 0.840. The second-order valence-corrected chi connectivity index (χ2v) is 5.43. The molecule has 5 heteroatoms. The normalized spacial score (nSPS) is 10.9. The molecule has 0 fully saturated rings. The lowest BCUT2D eigenvalue weighted by Gasteiger charge is -2.09. The average molecular weight is 295 g/mol. The molecule has 22 heavy (non-hydrogen) atoms. The van der Waals surface area contributed by atoms with E-state index in [-0.39, 0.29) is 0 Å². The van der Waals surface area contributed by atoms with Crippen molar-refractivity contribution in [3.63, 3.8) is 0 Å². The van der Waals surface area contributed by atoms with E-state index in [9.17, 15) is 0 Å². The Morgan fingerprint density at radius 1 is 1.18 bits per heavy atom. The molecule has 2 aromatic heterocycles. The zero-order chi connectivity index (χ0) is 15.5. The lowest BCUT2D eigenvalue weighted by molar-refractivity contribution is 0.834. The van der Waals surface area contributed by atoms with Gasteiger partial charge in [-0.1, -0.05) is 37.3 Å². The molecule has 114 valence electrons. The van der Waals surface area contributed by atoms with Crippen molar-refractivity contribution in [2.75, 3.05) is 11.9 Å². The molecule has 0 bridgehead atoms. The van der Waals surface area contributed by atoms with Crippen LogP contribution in [0, 0.1) is 13.8 Å². The van der Waals surface area contributed by atoms with Crippen LogP contribution in [0.2, 0.25) is 0 Å². The summed E-state index contributed by atoms with van der Waals surface area (Å²) in [6.45, 7) is 7.09. The maximum atomic E-state index is 4.62. The Bertz CT molecular complexity index is 755. The molecule has 0 spiro atoms. The molecule has 3 aromatic rings. The summed E-state index contributed by atoms with van der Waals surface area (Å²) in [6.07, 6.45) is 1.05. The van der Waals surface area contributed by atoms with Crippen LogP contribution in [-0.4, -0.2) is 26.5 Å². The summed E-state index contributed by atoms with van der Waals surface area (Å²) in [5.74, 6) is 0.840. The van der Waals surface area contributed by atoms with Crippen molar-refractivity contribution < 1.29 is 0 Å². The number of aryl methyl sites for hydroxylation is 2. The van der Waals surface area contributed by atoms with E-state index in [1.54, 1.807) is 0 Å². The van der Waals surface area contributed by atoms with E-state index < -0.39 is 0 Å². The van der Waals surface area contributed by atoms with E-state index in [4.69, 9.17) is 0 Å². The van der Waals surface area contributed by atoms with Crippen LogP contribution in [0.3, 0.4) is 0 Å². The summed E-state index contributed by atoms with van der Waals surface area (Å²) in [5.41, 5.74) is 5.15. The molecule has 0 amide bonds. The molecule has 2 N–H and O–H groups in total. The molecule has 0 atom stereocenters. The highest BCUT2D eigenvalue weighted by atomic mass is 15.3. The number of rotatable bonds is 5. The molecule has 0 radical (unpaired) electrons. The quantitative estimate of drug-likeness (QED) is 0.754. The second kappa shape index (κ2) is 6.05. The standard InChI is InChI=1S/C17H21N5/c1-4-10-18-17-16(22-13(3)11-12(2)21-22)15(19-20-17)14-8-6-5-7-9-14/h5-9,11H,4,10H2,1-3H3,(H2,18,19,20). The summed E-state index contributed by atoms with van der Waals surface area (Å²) in [7, 11) is 0. The van der Waals surface area contributed by atoms with E-state index >= 15 is 0 Å². The van der Waals surface area contributed by atoms with Crippen molar-refractivity contribution in [1.29, 1.82) is 0 Å². The number of H-pyrrole nitrogens is 1. The fourth-order valence-electron chi connectivity index (χ4n) is 2.57. The van der Waals surface area contributed by atoms with Crippen molar-refractivity contribution in [1.82, 2.24) is 20.0 Å². The highest BCUT2D eigenvalue weighted by Gasteiger charge is 2.18. The number of hydrogen-bond donors (Lipinski definition) is 2. The van der Waals surface area contributed by atoms with E-state index in [0.717, 1.165) is 47.1 Å². The summed E-state index contributed by atoms with van der Waals surface area (Å²) in [5, 5.41) is 15.6. The van der Waals surface area contributed by atoms with Crippen LogP contribution in [0.1, 0.15) is 24.7 Å². The number of nitrogens with zero attached hydrogens (tertiary/aromatic N) is 3. The van der Waals surface area contributed by atoms with E-state index in [1.165, 1.54) is 0 Å². The van der Waals surface area contributed by atoms with Gasteiger partial charge in [-0.25, -0.2) is 4.68 Å². The van der Waals surface area contributed by atoms with Crippen molar-refractivity contribution in [3.8, 4) is 16.9 Å². The van der Waals surface area contributed by atoms with Gasteiger partial charge in [0.2, 0.25) is 0 Å². The first kappa shape index (κ1) is 14.4. The molecule has 5 nitrogen and oxygen atoms in total. The molecule has 3 rings (SSSR count). The monoisotopic (exact) mass is 295 g/mol. The van der Waals surface area contributed by atoms with Gasteiger partial charge in [-0.05, 0) is 26.3 Å². The number of hydrogen-bond acceptors (Lipinski definition) is 3. The van der Waals surface area contributed by atoms with E-state index in [0.29, 0.717) is 0 Å². The molecule has 0 aliphatic carbocycles. The van der Waals surface area contributed by atoms with E-state index in [1.807, 2.05) is 29.8 Å². The summed E-state index contributed by atoms with van der Waals surface area (Å²) < 4.78 is 1.96. The lowest BCUT2D eigenvalue weighted by Crippen LogP contribution is -2.07. The smallest absolute Gasteiger partial charge is 0.174 e. The minimum Gasteiger partial charge on any atom is -0.367 e. The molecule has 1 aromatic carbocycles. The topological polar surface area (TPSA) is 58.5 Å². The van der Waals surface area contributed by atoms with Crippen LogP contribution in [0.25, 0.3) is 16.9 Å². The highest BCUT2D eigenvalue weighted by molar-refractivity contribution is 5.76. The van der Waals surface area contributed by atoms with Crippen LogP contribution in [-0.2, 0) is 0 Å². The maximum Gasteiger partial charge on any atom is 0.174 e. The number of aromatic amines is 1. The van der Waals surface area contributed by atoms with Gasteiger partial charge in [-0.15, -0.1) is 0 Å². The van der Waals surface area contributed by atoms with Crippen molar-refractivity contribution in [3.05, 3.63) is 47.8 Å². The van der Waals surface area contributed by atoms with Crippen molar-refractivity contribution in [2.45, 2.75) is 27.2 Å². The van der Waals surface area contributed by atoms with Gasteiger partial charge in [-0.2, -0.15) is 10.2 Å². The molecular weight excluding hydrogens is 274 g/mol. The maximum absolute atomic E-state index is 4.62. The average Bonchev–Trinajstić information content (AvgIpc) is 3.08. The third kappa shape index (κ3) is 2.62. The molecule has 0 saturated heterocycles. The van der Waals surface area contributed by atoms with Crippen molar-refractivity contribution in [2.24, 2.45) is 0 Å². The molecule has 0 unspecified atom stereocenters. The first-order chi connectivity index (χ1) is 10.7. The summed E-state index contributed by atoms with van der Waals surface area (Å²) >= 11 is 0. The third-order valence-electron chi connectivity index (χ3n) is 3.57. The highest BCUT2D eigenvalue weighted by Crippen LogP contribution is 2.31. The van der Waals surface area contributed by atoms with E-state index in [2.05, 4.69) is 52.7 Å². The Kier molecular flexibility index (Phi) is 3.96. The van der Waals surface area contributed by atoms with Crippen LogP contribution in [0.4, 0.5) is 5.82 Å². The van der Waals surface area contributed by atoms with Gasteiger partial charge < -0.3 is 5.32 Å². The molecular formula is C17H21N5. The fourth-order valence-corrected chi connectivity index (χ4v) is 2.57. The first-order valence-corrected chi connectivity index (χ1v) is 7.62. The first-order valence-electron chi connectivity index (χ1n) is 7.62. The third-order valence-corrected chi connectivity index (χ3v) is 3.57. The van der Waals surface area contributed by atoms with Crippen LogP contribution in [0.5, 0.6) is 0 Å². The molecule has 0 aliphatic heterocycles. The summed E-state index contributed by atoms with van der Waals surface area (Å²) in [6, 6.07) is 12.3. The molecule has 2 heterocycles. The Balaban J connectivity index is 2.15. The zero-order valence-electron chi connectivity index (χ0n) is 13.2. The lowest BCUT2D eigenvalue weighted by atomic mass is 10.1. The number of benzene rings is 1. The van der Waals surface area contributed by atoms with Crippen LogP contribution < -0.4 is 5.32 Å². The van der Waals surface area contributed by atoms with Gasteiger partial charge in [0.1, 0.15) is 5.69 Å². The predicted molar refractivity (Wildman–Crippen MR) is 89.4 cm³/mol. The van der Waals surface area contributed by atoms with Gasteiger partial charge >= 0.3 is 0 Å². The van der Waals surface area contributed by atoms with Crippen molar-refractivity contribution >= 4 is 5.82 Å². The Labute approximate surface area is 130 Å². The largest absolute Gasteiger partial charge is 0.367 e. The van der Waals surface area contributed by atoms with Crippen LogP contribution >= 0.6 is 0 Å². The van der Waals surface area contributed by atoms with Gasteiger partial charge in [-0.3, -0.25) is 5.10 Å². The second-order valence-electron chi connectivity index (χ2n) is 5.43. The fraction of sp³-hybridized carbons (Fsp3) is 0.294. The van der Waals surface area contributed by atoms with Gasteiger partial charge in [0.15, 0.2) is 5.82 Å².